The molecule has 0 amide bonds. The number of aliphatic hydroxyl groups is 1. The maximum Gasteiger partial charge on any atom is 0.0795 e. The Kier molecular flexibility index (Phi) is 5.58. The first kappa shape index (κ1) is 15.5. The molecule has 20 heavy (non-hydrogen) atoms. The number of hydrogen-bond donors (Lipinski definition) is 2. The third-order valence-corrected chi connectivity index (χ3v) is 4.79. The Balaban J connectivity index is 2.12. The summed E-state index contributed by atoms with van der Waals surface area (Å²) in [7, 11) is 4.14. The van der Waals surface area contributed by atoms with Gasteiger partial charge >= 0.3 is 0 Å². The van der Waals surface area contributed by atoms with Gasteiger partial charge < -0.3 is 15.3 Å². The van der Waals surface area contributed by atoms with Gasteiger partial charge in [-0.1, -0.05) is 49.6 Å². The van der Waals surface area contributed by atoms with Crippen LogP contribution in [0.2, 0.25) is 0 Å². The Morgan fingerprint density at radius 2 is 1.85 bits per heavy atom. The molecule has 1 saturated carbocycles. The first-order valence-corrected chi connectivity index (χ1v) is 7.77. The molecular formula is C17H28N2O. The topological polar surface area (TPSA) is 35.5 Å². The average molecular weight is 276 g/mol. The molecule has 1 unspecified atom stereocenters. The van der Waals surface area contributed by atoms with E-state index in [1.165, 1.54) is 32.1 Å². The normalized spacial score (nSPS) is 20.0. The molecular weight excluding hydrogens is 248 g/mol. The Morgan fingerprint density at radius 3 is 2.40 bits per heavy atom. The summed E-state index contributed by atoms with van der Waals surface area (Å²) in [5.74, 6) is 0. The van der Waals surface area contributed by atoms with Crippen LogP contribution in [0.25, 0.3) is 0 Å². The van der Waals surface area contributed by atoms with Crippen molar-refractivity contribution in [3.05, 3.63) is 35.9 Å². The van der Waals surface area contributed by atoms with Crippen molar-refractivity contribution in [2.45, 2.75) is 43.7 Å². The van der Waals surface area contributed by atoms with Gasteiger partial charge in [-0.05, 0) is 32.5 Å². The Bertz CT molecular complexity index is 383. The second-order valence-corrected chi connectivity index (χ2v) is 6.06. The molecule has 0 saturated heterocycles. The van der Waals surface area contributed by atoms with Gasteiger partial charge in [0.1, 0.15) is 0 Å². The molecule has 0 spiro atoms. The van der Waals surface area contributed by atoms with Crippen LogP contribution in [0, 0.1) is 0 Å². The van der Waals surface area contributed by atoms with Gasteiger partial charge in [-0.25, -0.2) is 0 Å². The van der Waals surface area contributed by atoms with Gasteiger partial charge in [0.05, 0.1) is 12.1 Å². The summed E-state index contributed by atoms with van der Waals surface area (Å²) in [6.45, 7) is 0.958. The van der Waals surface area contributed by atoms with Crippen LogP contribution in [0.15, 0.2) is 30.3 Å². The second-order valence-electron chi connectivity index (χ2n) is 6.06. The molecule has 1 atom stereocenters. The first-order chi connectivity index (χ1) is 9.72. The molecule has 0 aromatic heterocycles. The molecule has 1 fully saturated rings. The van der Waals surface area contributed by atoms with E-state index in [-0.39, 0.29) is 12.1 Å². The average Bonchev–Trinajstić information content (AvgIpc) is 2.54. The number of aliphatic hydroxyl groups excluding tert-OH is 1. The zero-order valence-corrected chi connectivity index (χ0v) is 12.8. The zero-order chi connectivity index (χ0) is 14.4. The summed E-state index contributed by atoms with van der Waals surface area (Å²) in [5, 5.41) is 13.3. The molecule has 1 aromatic carbocycles. The summed E-state index contributed by atoms with van der Waals surface area (Å²) in [5.41, 5.74) is 0.792. The standard InChI is InChI=1S/C17H28N2O/c1-18-17(14-20,15-9-5-3-6-10-15)13-19(2)16-11-7-4-8-12-16/h3,5-6,9-10,16,18,20H,4,7-8,11-14H2,1-2H3. The fourth-order valence-electron chi connectivity index (χ4n) is 3.37. The second kappa shape index (κ2) is 7.21. The van der Waals surface area contributed by atoms with Gasteiger partial charge in [-0.3, -0.25) is 0 Å². The van der Waals surface area contributed by atoms with E-state index in [0.29, 0.717) is 6.04 Å². The Labute approximate surface area is 123 Å². The van der Waals surface area contributed by atoms with Gasteiger partial charge in [0, 0.05) is 12.6 Å². The van der Waals surface area contributed by atoms with Gasteiger partial charge in [-0.2, -0.15) is 0 Å². The summed E-state index contributed by atoms with van der Waals surface area (Å²) < 4.78 is 0. The quantitative estimate of drug-likeness (QED) is 0.837. The van der Waals surface area contributed by atoms with Crippen LogP contribution in [0.5, 0.6) is 0 Å². The van der Waals surface area contributed by atoms with Gasteiger partial charge in [-0.15, -0.1) is 0 Å². The summed E-state index contributed by atoms with van der Waals surface area (Å²) in [6, 6.07) is 11.0. The molecule has 0 heterocycles. The van der Waals surface area contributed by atoms with E-state index in [1.807, 2.05) is 25.2 Å². The predicted octanol–water partition coefficient (Wildman–Crippen LogP) is 2.36. The van der Waals surface area contributed by atoms with Crippen molar-refractivity contribution in [2.24, 2.45) is 0 Å². The fourth-order valence-corrected chi connectivity index (χ4v) is 3.37. The summed E-state index contributed by atoms with van der Waals surface area (Å²) in [4.78, 5) is 2.43. The molecule has 0 bridgehead atoms. The predicted molar refractivity (Wildman–Crippen MR) is 83.8 cm³/mol. The highest BCUT2D eigenvalue weighted by molar-refractivity contribution is 5.25. The molecule has 1 aromatic rings. The van der Waals surface area contributed by atoms with E-state index in [0.717, 1.165) is 12.1 Å². The molecule has 2 rings (SSSR count). The van der Waals surface area contributed by atoms with Crippen LogP contribution in [0.3, 0.4) is 0 Å². The SMILES string of the molecule is CNC(CO)(CN(C)C1CCCCC1)c1ccccc1. The molecule has 1 aliphatic carbocycles. The van der Waals surface area contributed by atoms with Crippen molar-refractivity contribution in [1.82, 2.24) is 10.2 Å². The molecule has 2 N–H and O–H groups in total. The van der Waals surface area contributed by atoms with Crippen LogP contribution in [-0.2, 0) is 5.54 Å². The third-order valence-electron chi connectivity index (χ3n) is 4.79. The molecule has 0 aliphatic heterocycles. The van der Waals surface area contributed by atoms with Crippen molar-refractivity contribution in [1.29, 1.82) is 0 Å². The largest absolute Gasteiger partial charge is 0.394 e. The van der Waals surface area contributed by atoms with Crippen molar-refractivity contribution >= 4 is 0 Å². The van der Waals surface area contributed by atoms with Crippen LogP contribution in [0.1, 0.15) is 37.7 Å². The Hall–Kier alpha value is -0.900. The molecule has 3 heteroatoms. The highest BCUT2D eigenvalue weighted by Crippen LogP contribution is 2.26. The summed E-state index contributed by atoms with van der Waals surface area (Å²) >= 11 is 0. The molecule has 112 valence electrons. The first-order valence-electron chi connectivity index (χ1n) is 7.77. The summed E-state index contributed by atoms with van der Waals surface area (Å²) in [6.07, 6.45) is 6.63. The van der Waals surface area contributed by atoms with E-state index in [9.17, 15) is 5.11 Å². The van der Waals surface area contributed by atoms with Crippen molar-refractivity contribution in [3.63, 3.8) is 0 Å². The molecule has 3 nitrogen and oxygen atoms in total. The molecule has 1 aliphatic rings. The van der Waals surface area contributed by atoms with Gasteiger partial charge in [0.15, 0.2) is 0 Å². The lowest BCUT2D eigenvalue weighted by Gasteiger charge is -2.40. The lowest BCUT2D eigenvalue weighted by molar-refractivity contribution is 0.0918. The van der Waals surface area contributed by atoms with E-state index in [2.05, 4.69) is 29.4 Å². The Morgan fingerprint density at radius 1 is 1.20 bits per heavy atom. The lowest BCUT2D eigenvalue weighted by atomic mass is 9.88. The maximum atomic E-state index is 9.99. The number of hydrogen-bond acceptors (Lipinski definition) is 3. The van der Waals surface area contributed by atoms with Crippen molar-refractivity contribution in [2.75, 3.05) is 27.2 Å². The van der Waals surface area contributed by atoms with Crippen LogP contribution < -0.4 is 5.32 Å². The minimum absolute atomic E-state index is 0.116. The molecule has 0 radical (unpaired) electrons. The van der Waals surface area contributed by atoms with E-state index in [1.54, 1.807) is 0 Å². The van der Waals surface area contributed by atoms with E-state index < -0.39 is 0 Å². The minimum atomic E-state index is -0.368. The highest BCUT2D eigenvalue weighted by atomic mass is 16.3. The number of benzene rings is 1. The third kappa shape index (κ3) is 3.40. The smallest absolute Gasteiger partial charge is 0.0795 e. The number of nitrogens with zero attached hydrogens (tertiary/aromatic N) is 1. The number of likely N-dealkylation sites (N-methyl/N-ethyl adjacent to an activating group) is 2. The maximum absolute atomic E-state index is 9.99. The van der Waals surface area contributed by atoms with Gasteiger partial charge in [0.2, 0.25) is 0 Å². The monoisotopic (exact) mass is 276 g/mol. The van der Waals surface area contributed by atoms with Crippen molar-refractivity contribution in [3.8, 4) is 0 Å². The zero-order valence-electron chi connectivity index (χ0n) is 12.8. The minimum Gasteiger partial charge on any atom is -0.394 e. The van der Waals surface area contributed by atoms with Crippen LogP contribution in [-0.4, -0.2) is 43.3 Å². The number of rotatable bonds is 6. The van der Waals surface area contributed by atoms with E-state index >= 15 is 0 Å². The number of nitrogens with one attached hydrogen (secondary N) is 1. The van der Waals surface area contributed by atoms with Crippen LogP contribution >= 0.6 is 0 Å². The van der Waals surface area contributed by atoms with Crippen LogP contribution in [0.4, 0.5) is 0 Å². The van der Waals surface area contributed by atoms with Crippen molar-refractivity contribution < 1.29 is 5.11 Å². The van der Waals surface area contributed by atoms with Gasteiger partial charge in [0.25, 0.3) is 0 Å². The fraction of sp³-hybridized carbons (Fsp3) is 0.647. The van der Waals surface area contributed by atoms with E-state index in [4.69, 9.17) is 0 Å². The lowest BCUT2D eigenvalue weighted by Crippen LogP contribution is -2.53. The highest BCUT2D eigenvalue weighted by Gasteiger charge is 2.33.